The molecular formula is C18H28N8. The summed E-state index contributed by atoms with van der Waals surface area (Å²) >= 11 is 0. The van der Waals surface area contributed by atoms with Gasteiger partial charge in [0.1, 0.15) is 18.0 Å². The second kappa shape index (κ2) is 9.17. The summed E-state index contributed by atoms with van der Waals surface area (Å²) in [5, 5.41) is 10.7. The second-order valence-electron chi connectivity index (χ2n) is 6.50. The van der Waals surface area contributed by atoms with Crippen LogP contribution >= 0.6 is 0 Å². The van der Waals surface area contributed by atoms with Gasteiger partial charge in [-0.15, -0.1) is 0 Å². The van der Waals surface area contributed by atoms with Crippen LogP contribution in [0.2, 0.25) is 0 Å². The summed E-state index contributed by atoms with van der Waals surface area (Å²) in [7, 11) is 3.64. The number of nitrogens with zero attached hydrogens (tertiary/aromatic N) is 6. The summed E-state index contributed by atoms with van der Waals surface area (Å²) in [6, 6.07) is 4.22. The van der Waals surface area contributed by atoms with E-state index in [1.54, 1.807) is 18.1 Å². The van der Waals surface area contributed by atoms with E-state index in [2.05, 4.69) is 41.7 Å². The van der Waals surface area contributed by atoms with Crippen LogP contribution in [0.3, 0.4) is 0 Å². The summed E-state index contributed by atoms with van der Waals surface area (Å²) in [6.07, 6.45) is 8.60. The highest BCUT2D eigenvalue weighted by molar-refractivity contribution is 5.79. The quantitative estimate of drug-likeness (QED) is 0.623. The Kier molecular flexibility index (Phi) is 6.40. The van der Waals surface area contributed by atoms with Crippen molar-refractivity contribution in [3.63, 3.8) is 0 Å². The smallest absolute Gasteiger partial charge is 0.191 e. The Bertz CT molecular complexity index is 715. The van der Waals surface area contributed by atoms with Crippen molar-refractivity contribution in [1.29, 1.82) is 0 Å². The fourth-order valence-corrected chi connectivity index (χ4v) is 3.09. The van der Waals surface area contributed by atoms with Gasteiger partial charge < -0.3 is 15.5 Å². The van der Waals surface area contributed by atoms with Gasteiger partial charge in [0.15, 0.2) is 5.96 Å². The van der Waals surface area contributed by atoms with Gasteiger partial charge in [-0.2, -0.15) is 5.10 Å². The van der Waals surface area contributed by atoms with E-state index in [1.807, 2.05) is 19.3 Å². The molecule has 0 aliphatic carbocycles. The predicted octanol–water partition coefficient (Wildman–Crippen LogP) is 1.46. The van der Waals surface area contributed by atoms with Crippen LogP contribution in [0, 0.1) is 0 Å². The van der Waals surface area contributed by atoms with Gasteiger partial charge in [-0.05, 0) is 30.5 Å². The van der Waals surface area contributed by atoms with Gasteiger partial charge in [0.25, 0.3) is 0 Å². The molecule has 1 saturated heterocycles. The van der Waals surface area contributed by atoms with Crippen molar-refractivity contribution >= 4 is 11.8 Å². The monoisotopic (exact) mass is 356 g/mol. The summed E-state index contributed by atoms with van der Waals surface area (Å²) in [5.74, 6) is 2.68. The third kappa shape index (κ3) is 4.93. The predicted molar refractivity (Wildman–Crippen MR) is 103 cm³/mol. The molecule has 0 radical (unpaired) electrons. The first-order chi connectivity index (χ1) is 12.8. The molecule has 0 atom stereocenters. The number of hydrogen-bond acceptors (Lipinski definition) is 5. The first-order valence-electron chi connectivity index (χ1n) is 9.23. The lowest BCUT2D eigenvalue weighted by Gasteiger charge is -2.22. The Balaban J connectivity index is 1.54. The van der Waals surface area contributed by atoms with Crippen molar-refractivity contribution in [1.82, 2.24) is 30.4 Å². The molecular weight excluding hydrogens is 328 g/mol. The molecule has 8 nitrogen and oxygen atoms in total. The molecule has 2 N–H and O–H groups in total. The third-order valence-electron chi connectivity index (χ3n) is 4.64. The molecule has 8 heteroatoms. The van der Waals surface area contributed by atoms with Crippen LogP contribution in [-0.4, -0.2) is 45.8 Å². The molecule has 0 unspecified atom stereocenters. The van der Waals surface area contributed by atoms with Crippen molar-refractivity contribution in [2.75, 3.05) is 25.0 Å². The van der Waals surface area contributed by atoms with E-state index in [-0.39, 0.29) is 0 Å². The van der Waals surface area contributed by atoms with Crippen molar-refractivity contribution < 1.29 is 0 Å². The number of aryl methyl sites for hydroxylation is 1. The molecule has 2 aromatic rings. The van der Waals surface area contributed by atoms with Crippen LogP contribution < -0.4 is 15.5 Å². The molecule has 0 spiro atoms. The fraction of sp³-hybridized carbons (Fsp3) is 0.556. The van der Waals surface area contributed by atoms with E-state index in [9.17, 15) is 0 Å². The minimum atomic E-state index is 0.575. The maximum absolute atomic E-state index is 4.57. The van der Waals surface area contributed by atoms with Crippen LogP contribution in [0.25, 0.3) is 0 Å². The highest BCUT2D eigenvalue weighted by Gasteiger charge is 2.11. The van der Waals surface area contributed by atoms with Crippen molar-refractivity contribution in [3.05, 3.63) is 36.0 Å². The SMILES string of the molecule is CN=C(NCc1ccnc(N2CCCCCC2)c1)NCc1ncnn1C. The maximum Gasteiger partial charge on any atom is 0.191 e. The average Bonchev–Trinajstić information content (AvgIpc) is 2.91. The van der Waals surface area contributed by atoms with Crippen molar-refractivity contribution in [3.8, 4) is 0 Å². The van der Waals surface area contributed by atoms with Gasteiger partial charge in [-0.25, -0.2) is 9.97 Å². The van der Waals surface area contributed by atoms with Gasteiger partial charge in [-0.3, -0.25) is 9.67 Å². The summed E-state index contributed by atoms with van der Waals surface area (Å²) in [6.45, 7) is 3.48. The lowest BCUT2D eigenvalue weighted by Crippen LogP contribution is -2.37. The second-order valence-corrected chi connectivity index (χ2v) is 6.50. The molecule has 1 aliphatic heterocycles. The van der Waals surface area contributed by atoms with Crippen LogP contribution in [-0.2, 0) is 20.1 Å². The number of pyridine rings is 1. The topological polar surface area (TPSA) is 83.3 Å². The molecule has 3 heterocycles. The lowest BCUT2D eigenvalue weighted by molar-refractivity contribution is 0.672. The normalized spacial score (nSPS) is 15.6. The van der Waals surface area contributed by atoms with Crippen LogP contribution in [0.15, 0.2) is 29.6 Å². The van der Waals surface area contributed by atoms with Gasteiger partial charge in [0.2, 0.25) is 0 Å². The zero-order chi connectivity index (χ0) is 18.2. The number of rotatable bonds is 5. The largest absolute Gasteiger partial charge is 0.357 e. The minimum absolute atomic E-state index is 0.575. The first-order valence-corrected chi connectivity index (χ1v) is 9.23. The summed E-state index contributed by atoms with van der Waals surface area (Å²) in [4.78, 5) is 15.4. The van der Waals surface area contributed by atoms with E-state index in [4.69, 9.17) is 0 Å². The summed E-state index contributed by atoms with van der Waals surface area (Å²) < 4.78 is 1.75. The Morgan fingerprint density at radius 1 is 1.12 bits per heavy atom. The van der Waals surface area contributed by atoms with Crippen molar-refractivity contribution in [2.24, 2.45) is 12.0 Å². The molecule has 26 heavy (non-hydrogen) atoms. The number of guanidine groups is 1. The maximum atomic E-state index is 4.57. The Morgan fingerprint density at radius 2 is 1.88 bits per heavy atom. The minimum Gasteiger partial charge on any atom is -0.357 e. The molecule has 0 amide bonds. The van der Waals surface area contributed by atoms with Crippen molar-refractivity contribution in [2.45, 2.75) is 38.8 Å². The van der Waals surface area contributed by atoms with E-state index in [0.717, 1.165) is 30.7 Å². The molecule has 140 valence electrons. The molecule has 1 fully saturated rings. The Hall–Kier alpha value is -2.64. The zero-order valence-corrected chi connectivity index (χ0v) is 15.6. The number of nitrogens with one attached hydrogen (secondary N) is 2. The van der Waals surface area contributed by atoms with Gasteiger partial charge in [0, 0.05) is 39.9 Å². The number of anilines is 1. The number of aliphatic imine (C=N–C) groups is 1. The molecule has 0 saturated carbocycles. The van der Waals surface area contributed by atoms with Crippen LogP contribution in [0.4, 0.5) is 5.82 Å². The molecule has 0 aromatic carbocycles. The highest BCUT2D eigenvalue weighted by Crippen LogP contribution is 2.18. The molecule has 3 rings (SSSR count). The highest BCUT2D eigenvalue weighted by atomic mass is 15.3. The number of hydrogen-bond donors (Lipinski definition) is 2. The van der Waals surface area contributed by atoms with E-state index >= 15 is 0 Å². The fourth-order valence-electron chi connectivity index (χ4n) is 3.09. The van der Waals surface area contributed by atoms with E-state index in [0.29, 0.717) is 13.1 Å². The first kappa shape index (κ1) is 18.2. The third-order valence-corrected chi connectivity index (χ3v) is 4.64. The van der Waals surface area contributed by atoms with Gasteiger partial charge in [0.05, 0.1) is 6.54 Å². The molecule has 0 bridgehead atoms. The van der Waals surface area contributed by atoms with Gasteiger partial charge in [-0.1, -0.05) is 12.8 Å². The average molecular weight is 356 g/mol. The lowest BCUT2D eigenvalue weighted by atomic mass is 10.2. The molecule has 1 aliphatic rings. The Morgan fingerprint density at radius 3 is 2.58 bits per heavy atom. The van der Waals surface area contributed by atoms with Gasteiger partial charge >= 0.3 is 0 Å². The molecule has 2 aromatic heterocycles. The van der Waals surface area contributed by atoms with Crippen LogP contribution in [0.5, 0.6) is 0 Å². The van der Waals surface area contributed by atoms with Crippen LogP contribution in [0.1, 0.15) is 37.1 Å². The number of aromatic nitrogens is 4. The standard InChI is InChI=1S/C18H28N8/c1-19-18(22-13-17-23-14-24-25(17)2)21-12-15-7-8-20-16(11-15)26-9-5-3-4-6-10-26/h7-8,11,14H,3-6,9-10,12-13H2,1-2H3,(H2,19,21,22). The summed E-state index contributed by atoms with van der Waals surface area (Å²) in [5.41, 5.74) is 1.20. The van der Waals surface area contributed by atoms with E-state index < -0.39 is 0 Å². The zero-order valence-electron chi connectivity index (χ0n) is 15.6. The Labute approximate surface area is 154 Å². The van der Waals surface area contributed by atoms with E-state index in [1.165, 1.54) is 31.2 Å².